The highest BCUT2D eigenvalue weighted by molar-refractivity contribution is 5.72. The number of non-ortho nitro benzene ring substituents is 1. The first-order valence-corrected chi connectivity index (χ1v) is 6.15. The SMILES string of the molecule is CCOC(=O)C(C)CNCc1ccc([N+](=O)[O-])cc1. The predicted molar refractivity (Wildman–Crippen MR) is 70.6 cm³/mol. The smallest absolute Gasteiger partial charge is 0.309 e. The first kappa shape index (κ1) is 15.1. The lowest BCUT2D eigenvalue weighted by Gasteiger charge is -2.11. The molecule has 1 atom stereocenters. The summed E-state index contributed by atoms with van der Waals surface area (Å²) in [6, 6.07) is 6.32. The van der Waals surface area contributed by atoms with Gasteiger partial charge in [0, 0.05) is 25.2 Å². The molecule has 19 heavy (non-hydrogen) atoms. The molecule has 0 saturated carbocycles. The third-order valence-electron chi connectivity index (χ3n) is 2.62. The normalized spacial score (nSPS) is 11.9. The van der Waals surface area contributed by atoms with Crippen molar-refractivity contribution < 1.29 is 14.5 Å². The zero-order valence-corrected chi connectivity index (χ0v) is 11.1. The molecule has 0 aliphatic carbocycles. The van der Waals surface area contributed by atoms with Gasteiger partial charge in [-0.3, -0.25) is 14.9 Å². The number of nitro benzene ring substituents is 1. The maximum atomic E-state index is 11.4. The fourth-order valence-corrected chi connectivity index (χ4v) is 1.54. The van der Waals surface area contributed by atoms with Crippen LogP contribution in [-0.2, 0) is 16.1 Å². The monoisotopic (exact) mass is 266 g/mol. The topological polar surface area (TPSA) is 81.5 Å². The predicted octanol–water partition coefficient (Wildman–Crippen LogP) is 1.88. The Hall–Kier alpha value is -1.95. The van der Waals surface area contributed by atoms with E-state index in [1.807, 2.05) is 0 Å². The number of ether oxygens (including phenoxy) is 1. The molecule has 0 aliphatic rings. The Labute approximate surface area is 111 Å². The number of carbonyl (C=O) groups is 1. The summed E-state index contributed by atoms with van der Waals surface area (Å²) in [5.41, 5.74) is 1.00. The number of esters is 1. The van der Waals surface area contributed by atoms with Gasteiger partial charge in [-0.15, -0.1) is 0 Å². The van der Waals surface area contributed by atoms with E-state index in [2.05, 4.69) is 5.32 Å². The van der Waals surface area contributed by atoms with Gasteiger partial charge in [-0.25, -0.2) is 0 Å². The van der Waals surface area contributed by atoms with Crippen molar-refractivity contribution in [3.63, 3.8) is 0 Å². The quantitative estimate of drug-likeness (QED) is 0.463. The number of hydrogen-bond donors (Lipinski definition) is 1. The Morgan fingerprint density at radius 1 is 1.42 bits per heavy atom. The minimum Gasteiger partial charge on any atom is -0.466 e. The van der Waals surface area contributed by atoms with Crippen LogP contribution >= 0.6 is 0 Å². The second-order valence-corrected chi connectivity index (χ2v) is 4.21. The molecule has 6 nitrogen and oxygen atoms in total. The molecule has 0 amide bonds. The van der Waals surface area contributed by atoms with Gasteiger partial charge in [-0.1, -0.05) is 19.1 Å². The zero-order chi connectivity index (χ0) is 14.3. The third kappa shape index (κ3) is 5.05. The Morgan fingerprint density at radius 3 is 2.58 bits per heavy atom. The molecular weight excluding hydrogens is 248 g/mol. The fraction of sp³-hybridized carbons (Fsp3) is 0.462. The molecule has 0 bridgehead atoms. The van der Waals surface area contributed by atoms with Gasteiger partial charge in [0.1, 0.15) is 0 Å². The molecule has 1 N–H and O–H groups in total. The van der Waals surface area contributed by atoms with Crippen LogP contribution in [-0.4, -0.2) is 24.0 Å². The van der Waals surface area contributed by atoms with Crippen LogP contribution in [0.1, 0.15) is 19.4 Å². The lowest BCUT2D eigenvalue weighted by Crippen LogP contribution is -2.27. The number of hydrogen-bond acceptors (Lipinski definition) is 5. The summed E-state index contributed by atoms with van der Waals surface area (Å²) < 4.78 is 4.89. The molecule has 1 aromatic rings. The van der Waals surface area contributed by atoms with Crippen molar-refractivity contribution >= 4 is 11.7 Å². The highest BCUT2D eigenvalue weighted by atomic mass is 16.6. The van der Waals surface area contributed by atoms with Crippen molar-refractivity contribution in [2.45, 2.75) is 20.4 Å². The molecule has 0 spiro atoms. The Morgan fingerprint density at radius 2 is 2.05 bits per heavy atom. The van der Waals surface area contributed by atoms with Crippen LogP contribution in [0.15, 0.2) is 24.3 Å². The van der Waals surface area contributed by atoms with Gasteiger partial charge in [0.2, 0.25) is 0 Å². The van der Waals surface area contributed by atoms with Crippen molar-refractivity contribution in [3.05, 3.63) is 39.9 Å². The maximum absolute atomic E-state index is 11.4. The average Bonchev–Trinajstić information content (AvgIpc) is 2.39. The van der Waals surface area contributed by atoms with Crippen LogP contribution in [0.3, 0.4) is 0 Å². The molecule has 0 aromatic heterocycles. The molecule has 104 valence electrons. The van der Waals surface area contributed by atoms with E-state index < -0.39 is 4.92 Å². The minimum atomic E-state index is -0.431. The minimum absolute atomic E-state index is 0.0728. The van der Waals surface area contributed by atoms with Gasteiger partial charge < -0.3 is 10.1 Å². The second kappa shape index (κ2) is 7.48. The molecular formula is C13H18N2O4. The van der Waals surface area contributed by atoms with Crippen LogP contribution in [0.2, 0.25) is 0 Å². The summed E-state index contributed by atoms with van der Waals surface area (Å²) in [6.07, 6.45) is 0. The van der Waals surface area contributed by atoms with E-state index in [-0.39, 0.29) is 17.6 Å². The second-order valence-electron chi connectivity index (χ2n) is 4.21. The molecule has 0 radical (unpaired) electrons. The van der Waals surface area contributed by atoms with E-state index in [1.54, 1.807) is 26.0 Å². The number of benzene rings is 1. The summed E-state index contributed by atoms with van der Waals surface area (Å²) in [5, 5.41) is 13.6. The molecule has 0 saturated heterocycles. The third-order valence-corrected chi connectivity index (χ3v) is 2.62. The van der Waals surface area contributed by atoms with E-state index in [9.17, 15) is 14.9 Å². The summed E-state index contributed by atoms with van der Waals surface area (Å²) in [4.78, 5) is 21.4. The number of nitrogens with one attached hydrogen (secondary N) is 1. The van der Waals surface area contributed by atoms with E-state index in [4.69, 9.17) is 4.74 Å². The summed E-state index contributed by atoms with van der Waals surface area (Å²) in [5.74, 6) is -0.434. The summed E-state index contributed by atoms with van der Waals surface area (Å²) >= 11 is 0. The Kier molecular flexibility index (Phi) is 5.95. The Bertz CT molecular complexity index is 431. The largest absolute Gasteiger partial charge is 0.466 e. The van der Waals surface area contributed by atoms with E-state index in [0.29, 0.717) is 19.7 Å². The molecule has 0 heterocycles. The van der Waals surface area contributed by atoms with Crippen LogP contribution in [0.4, 0.5) is 5.69 Å². The first-order valence-electron chi connectivity index (χ1n) is 6.15. The molecule has 0 fully saturated rings. The highest BCUT2D eigenvalue weighted by Gasteiger charge is 2.13. The average molecular weight is 266 g/mol. The van der Waals surface area contributed by atoms with Crippen LogP contribution < -0.4 is 5.32 Å². The van der Waals surface area contributed by atoms with Crippen LogP contribution in [0.5, 0.6) is 0 Å². The standard InChI is InChI=1S/C13H18N2O4/c1-3-19-13(16)10(2)8-14-9-11-4-6-12(7-5-11)15(17)18/h4-7,10,14H,3,8-9H2,1-2H3. The molecule has 0 aliphatic heterocycles. The van der Waals surface area contributed by atoms with Gasteiger partial charge in [-0.2, -0.15) is 0 Å². The fourth-order valence-electron chi connectivity index (χ4n) is 1.54. The van der Waals surface area contributed by atoms with Crippen molar-refractivity contribution in [2.24, 2.45) is 5.92 Å². The van der Waals surface area contributed by atoms with E-state index in [1.165, 1.54) is 12.1 Å². The molecule has 1 unspecified atom stereocenters. The Balaban J connectivity index is 2.36. The van der Waals surface area contributed by atoms with Gasteiger partial charge in [0.05, 0.1) is 17.4 Å². The van der Waals surface area contributed by atoms with Gasteiger partial charge in [-0.05, 0) is 12.5 Å². The van der Waals surface area contributed by atoms with Gasteiger partial charge >= 0.3 is 5.97 Å². The number of nitrogens with zero attached hydrogens (tertiary/aromatic N) is 1. The molecule has 1 rings (SSSR count). The number of nitro groups is 1. The van der Waals surface area contributed by atoms with Crippen molar-refractivity contribution in [3.8, 4) is 0 Å². The van der Waals surface area contributed by atoms with E-state index in [0.717, 1.165) is 5.56 Å². The number of carbonyl (C=O) groups excluding carboxylic acids is 1. The maximum Gasteiger partial charge on any atom is 0.309 e. The molecule has 6 heteroatoms. The van der Waals surface area contributed by atoms with Gasteiger partial charge in [0.25, 0.3) is 5.69 Å². The molecule has 1 aromatic carbocycles. The zero-order valence-electron chi connectivity index (χ0n) is 11.1. The summed E-state index contributed by atoms with van der Waals surface area (Å²) in [6.45, 7) is 5.01. The van der Waals surface area contributed by atoms with E-state index >= 15 is 0 Å². The summed E-state index contributed by atoms with van der Waals surface area (Å²) in [7, 11) is 0. The van der Waals surface area contributed by atoms with Gasteiger partial charge in [0.15, 0.2) is 0 Å². The van der Waals surface area contributed by atoms with Crippen molar-refractivity contribution in [2.75, 3.05) is 13.2 Å². The van der Waals surface area contributed by atoms with Crippen LogP contribution in [0, 0.1) is 16.0 Å². The first-order chi connectivity index (χ1) is 9.04. The highest BCUT2D eigenvalue weighted by Crippen LogP contribution is 2.11. The van der Waals surface area contributed by atoms with Crippen molar-refractivity contribution in [1.82, 2.24) is 5.32 Å². The van der Waals surface area contributed by atoms with Crippen LogP contribution in [0.25, 0.3) is 0 Å². The lowest BCUT2D eigenvalue weighted by molar-refractivity contribution is -0.384. The lowest BCUT2D eigenvalue weighted by atomic mass is 10.1. The van der Waals surface area contributed by atoms with Crippen molar-refractivity contribution in [1.29, 1.82) is 0 Å². The number of rotatable bonds is 7.